The highest BCUT2D eigenvalue weighted by atomic mass is 16.5. The highest BCUT2D eigenvalue weighted by Crippen LogP contribution is 2.13. The lowest BCUT2D eigenvalue weighted by Crippen LogP contribution is -2.47. The van der Waals surface area contributed by atoms with Crippen molar-refractivity contribution in [3.8, 4) is 5.75 Å². The van der Waals surface area contributed by atoms with E-state index in [0.717, 1.165) is 55.7 Å². The van der Waals surface area contributed by atoms with Gasteiger partial charge in [0.2, 0.25) is 0 Å². The fraction of sp³-hybridized carbons (Fsp3) is 0.550. The van der Waals surface area contributed by atoms with Gasteiger partial charge in [0.05, 0.1) is 13.2 Å². The number of aliphatic imine (C=N–C) groups is 1. The predicted octanol–water partition coefficient (Wildman–Crippen LogP) is 1.68. The van der Waals surface area contributed by atoms with E-state index in [4.69, 9.17) is 9.47 Å². The number of fused-ring (bicyclic) bond motifs is 1. The SMILES string of the molecule is CN=C(NCCCOc1ccc(C)cc1)NC1CCc2nc(COC)nn2C1. The first-order valence-electron chi connectivity index (χ1n) is 9.76. The standard InChI is InChI=1S/C20H30N6O2/c1-15-5-8-17(9-6-15)28-12-4-11-22-20(21-2)23-16-7-10-19-24-18(14-27-3)25-26(19)13-16/h5-6,8-9,16H,4,7,10-14H2,1-3H3,(H2,21,22,23). The molecule has 8 nitrogen and oxygen atoms in total. The Balaban J connectivity index is 1.38. The first kappa shape index (κ1) is 20.1. The van der Waals surface area contributed by atoms with Crippen LogP contribution < -0.4 is 15.4 Å². The van der Waals surface area contributed by atoms with Crippen molar-refractivity contribution in [3.63, 3.8) is 0 Å². The van der Waals surface area contributed by atoms with Crippen LogP contribution in [0.25, 0.3) is 0 Å². The van der Waals surface area contributed by atoms with E-state index in [2.05, 4.69) is 44.8 Å². The molecule has 2 N–H and O–H groups in total. The van der Waals surface area contributed by atoms with E-state index in [-0.39, 0.29) is 6.04 Å². The summed E-state index contributed by atoms with van der Waals surface area (Å²) >= 11 is 0. The summed E-state index contributed by atoms with van der Waals surface area (Å²) in [4.78, 5) is 8.84. The Morgan fingerprint density at radius 3 is 2.89 bits per heavy atom. The Kier molecular flexibility index (Phi) is 7.25. The number of hydrogen-bond acceptors (Lipinski definition) is 5. The Labute approximate surface area is 166 Å². The summed E-state index contributed by atoms with van der Waals surface area (Å²) in [6.07, 6.45) is 2.80. The normalized spacial score (nSPS) is 16.5. The average Bonchev–Trinajstić information content (AvgIpc) is 3.10. The lowest BCUT2D eigenvalue weighted by atomic mass is 10.1. The molecular formula is C20H30N6O2. The van der Waals surface area contributed by atoms with Gasteiger partial charge in [-0.1, -0.05) is 17.7 Å². The van der Waals surface area contributed by atoms with E-state index < -0.39 is 0 Å². The van der Waals surface area contributed by atoms with Crippen molar-refractivity contribution in [2.45, 2.75) is 45.4 Å². The summed E-state index contributed by atoms with van der Waals surface area (Å²) < 4.78 is 12.8. The molecule has 2 heterocycles. The second kappa shape index (κ2) is 10.1. The van der Waals surface area contributed by atoms with Crippen molar-refractivity contribution in [3.05, 3.63) is 41.5 Å². The van der Waals surface area contributed by atoms with Gasteiger partial charge in [0, 0.05) is 33.2 Å². The summed E-state index contributed by atoms with van der Waals surface area (Å²) in [6.45, 7) is 4.77. The van der Waals surface area contributed by atoms with Gasteiger partial charge in [-0.3, -0.25) is 4.99 Å². The second-order valence-corrected chi connectivity index (χ2v) is 6.95. The zero-order valence-corrected chi connectivity index (χ0v) is 16.9. The van der Waals surface area contributed by atoms with Crippen LogP contribution in [-0.2, 0) is 24.3 Å². The number of ether oxygens (including phenoxy) is 2. The summed E-state index contributed by atoms with van der Waals surface area (Å²) in [5, 5.41) is 11.3. The van der Waals surface area contributed by atoms with Gasteiger partial charge in [-0.05, 0) is 31.9 Å². The third-order valence-corrected chi connectivity index (χ3v) is 4.64. The van der Waals surface area contributed by atoms with Crippen LogP contribution in [0.2, 0.25) is 0 Å². The summed E-state index contributed by atoms with van der Waals surface area (Å²) in [5.41, 5.74) is 1.24. The number of nitrogens with one attached hydrogen (secondary N) is 2. The van der Waals surface area contributed by atoms with E-state index >= 15 is 0 Å². The van der Waals surface area contributed by atoms with Crippen molar-refractivity contribution < 1.29 is 9.47 Å². The summed E-state index contributed by atoms with van der Waals surface area (Å²) in [7, 11) is 3.45. The molecular weight excluding hydrogens is 356 g/mol. The highest BCUT2D eigenvalue weighted by Gasteiger charge is 2.22. The molecule has 152 valence electrons. The maximum absolute atomic E-state index is 5.76. The van der Waals surface area contributed by atoms with Crippen LogP contribution in [0.3, 0.4) is 0 Å². The van der Waals surface area contributed by atoms with Crippen LogP contribution in [0.15, 0.2) is 29.3 Å². The van der Waals surface area contributed by atoms with Crippen molar-refractivity contribution in [1.29, 1.82) is 0 Å². The van der Waals surface area contributed by atoms with Gasteiger partial charge in [-0.15, -0.1) is 0 Å². The molecule has 0 saturated heterocycles. The van der Waals surface area contributed by atoms with E-state index in [9.17, 15) is 0 Å². The number of aryl methyl sites for hydroxylation is 2. The largest absolute Gasteiger partial charge is 0.494 e. The molecule has 1 aliphatic rings. The first-order chi connectivity index (χ1) is 13.7. The topological polar surface area (TPSA) is 85.6 Å². The minimum absolute atomic E-state index is 0.277. The minimum Gasteiger partial charge on any atom is -0.494 e. The Morgan fingerprint density at radius 1 is 1.32 bits per heavy atom. The number of benzene rings is 1. The van der Waals surface area contributed by atoms with Gasteiger partial charge in [0.25, 0.3) is 0 Å². The van der Waals surface area contributed by atoms with Gasteiger partial charge in [-0.2, -0.15) is 5.10 Å². The number of nitrogens with zero attached hydrogens (tertiary/aromatic N) is 4. The van der Waals surface area contributed by atoms with Crippen LogP contribution in [0.1, 0.15) is 30.1 Å². The maximum atomic E-state index is 5.76. The Morgan fingerprint density at radius 2 is 2.14 bits per heavy atom. The molecule has 8 heteroatoms. The minimum atomic E-state index is 0.277. The van der Waals surface area contributed by atoms with E-state index in [0.29, 0.717) is 13.2 Å². The average molecular weight is 387 g/mol. The summed E-state index contributed by atoms with van der Waals surface area (Å²) in [5.74, 6) is 3.49. The molecule has 0 bridgehead atoms. The first-order valence-corrected chi connectivity index (χ1v) is 9.76. The molecule has 0 spiro atoms. The molecule has 1 atom stereocenters. The quantitative estimate of drug-likeness (QED) is 0.408. The molecule has 2 aromatic rings. The Bertz CT molecular complexity index is 772. The van der Waals surface area contributed by atoms with Crippen LogP contribution in [0.5, 0.6) is 5.75 Å². The number of methoxy groups -OCH3 is 1. The summed E-state index contributed by atoms with van der Waals surface area (Å²) in [6, 6.07) is 8.40. The van der Waals surface area contributed by atoms with Crippen molar-refractivity contribution in [2.75, 3.05) is 27.3 Å². The smallest absolute Gasteiger partial charge is 0.191 e. The molecule has 0 fully saturated rings. The molecule has 0 aliphatic carbocycles. The van der Waals surface area contributed by atoms with E-state index in [1.165, 1.54) is 5.56 Å². The fourth-order valence-corrected chi connectivity index (χ4v) is 3.16. The van der Waals surface area contributed by atoms with Crippen LogP contribution in [0.4, 0.5) is 0 Å². The zero-order valence-electron chi connectivity index (χ0n) is 16.9. The van der Waals surface area contributed by atoms with Crippen molar-refractivity contribution in [1.82, 2.24) is 25.4 Å². The molecule has 28 heavy (non-hydrogen) atoms. The third kappa shape index (κ3) is 5.69. The molecule has 0 amide bonds. The van der Waals surface area contributed by atoms with Gasteiger partial charge >= 0.3 is 0 Å². The van der Waals surface area contributed by atoms with Gasteiger partial charge in [0.15, 0.2) is 11.8 Å². The van der Waals surface area contributed by atoms with Crippen LogP contribution in [-0.4, -0.2) is 54.1 Å². The van der Waals surface area contributed by atoms with Crippen molar-refractivity contribution in [2.24, 2.45) is 4.99 Å². The zero-order chi connectivity index (χ0) is 19.8. The molecule has 1 aliphatic heterocycles. The molecule has 3 rings (SSSR count). The Hall–Kier alpha value is -2.61. The fourth-order valence-electron chi connectivity index (χ4n) is 3.16. The molecule has 0 saturated carbocycles. The molecule has 1 unspecified atom stereocenters. The highest BCUT2D eigenvalue weighted by molar-refractivity contribution is 5.79. The lowest BCUT2D eigenvalue weighted by Gasteiger charge is -2.25. The van der Waals surface area contributed by atoms with Crippen LogP contribution >= 0.6 is 0 Å². The van der Waals surface area contributed by atoms with Gasteiger partial charge < -0.3 is 20.1 Å². The maximum Gasteiger partial charge on any atom is 0.191 e. The monoisotopic (exact) mass is 386 g/mol. The number of aromatic nitrogens is 3. The van der Waals surface area contributed by atoms with Gasteiger partial charge in [0.1, 0.15) is 18.2 Å². The molecule has 1 aromatic carbocycles. The number of guanidine groups is 1. The predicted molar refractivity (Wildman–Crippen MR) is 109 cm³/mol. The van der Waals surface area contributed by atoms with Crippen molar-refractivity contribution >= 4 is 5.96 Å². The lowest BCUT2D eigenvalue weighted by molar-refractivity contribution is 0.177. The van der Waals surface area contributed by atoms with Crippen LogP contribution in [0, 0.1) is 6.92 Å². The second-order valence-electron chi connectivity index (χ2n) is 6.95. The number of hydrogen-bond donors (Lipinski definition) is 2. The molecule has 1 aromatic heterocycles. The molecule has 0 radical (unpaired) electrons. The number of rotatable bonds is 8. The van der Waals surface area contributed by atoms with E-state index in [1.54, 1.807) is 14.2 Å². The van der Waals surface area contributed by atoms with E-state index in [1.807, 2.05) is 16.8 Å². The van der Waals surface area contributed by atoms with Gasteiger partial charge in [-0.25, -0.2) is 9.67 Å². The third-order valence-electron chi connectivity index (χ3n) is 4.64.